The van der Waals surface area contributed by atoms with Crippen molar-refractivity contribution < 1.29 is 4.52 Å². The number of nitrogens with zero attached hydrogens (tertiary/aromatic N) is 4. The van der Waals surface area contributed by atoms with Crippen molar-refractivity contribution in [3.8, 4) is 0 Å². The third-order valence-electron chi connectivity index (χ3n) is 3.74. The third kappa shape index (κ3) is 3.46. The van der Waals surface area contributed by atoms with Crippen molar-refractivity contribution in [1.82, 2.24) is 25.3 Å². The van der Waals surface area contributed by atoms with E-state index in [1.807, 2.05) is 12.3 Å². The molecule has 21 heavy (non-hydrogen) atoms. The van der Waals surface area contributed by atoms with E-state index in [0.29, 0.717) is 12.6 Å². The summed E-state index contributed by atoms with van der Waals surface area (Å²) in [4.78, 5) is 11.1. The van der Waals surface area contributed by atoms with Crippen LogP contribution in [0.1, 0.15) is 36.7 Å². The van der Waals surface area contributed by atoms with Crippen molar-refractivity contribution in [1.29, 1.82) is 0 Å². The smallest absolute Gasteiger partial charge is 0.226 e. The van der Waals surface area contributed by atoms with Gasteiger partial charge in [-0.1, -0.05) is 18.1 Å². The number of hydrogen-bond acceptors (Lipinski definition) is 6. The Bertz CT molecular complexity index is 556. The molecule has 1 fully saturated rings. The van der Waals surface area contributed by atoms with Gasteiger partial charge in [0.25, 0.3) is 0 Å². The molecule has 0 aliphatic carbocycles. The minimum Gasteiger partial charge on any atom is -0.339 e. The molecule has 3 rings (SSSR count). The zero-order chi connectivity index (χ0) is 14.5. The fourth-order valence-electron chi connectivity index (χ4n) is 2.69. The number of aromatic nitrogens is 3. The fraction of sp³-hybridized carbons (Fsp3) is 0.533. The Morgan fingerprint density at radius 3 is 3.24 bits per heavy atom. The van der Waals surface area contributed by atoms with Gasteiger partial charge in [-0.3, -0.25) is 9.88 Å². The average molecular weight is 287 g/mol. The molecule has 1 saturated heterocycles. The maximum Gasteiger partial charge on any atom is 0.226 e. The second-order valence-corrected chi connectivity index (χ2v) is 5.33. The quantitative estimate of drug-likeness (QED) is 0.900. The van der Waals surface area contributed by atoms with Crippen LogP contribution in [0, 0.1) is 0 Å². The standard InChI is InChI=1S/C15H21N5O/c1-2-4-15-18-14(19-21-15)11-20-8-7-17-10-13(20)12-5-3-6-16-9-12/h3,5-6,9,13,17H,2,4,7-8,10-11H2,1H3. The van der Waals surface area contributed by atoms with Crippen LogP contribution >= 0.6 is 0 Å². The fourth-order valence-corrected chi connectivity index (χ4v) is 2.69. The van der Waals surface area contributed by atoms with Gasteiger partial charge in [-0.2, -0.15) is 4.98 Å². The van der Waals surface area contributed by atoms with E-state index in [1.54, 1.807) is 6.20 Å². The van der Waals surface area contributed by atoms with Crippen LogP contribution in [0.4, 0.5) is 0 Å². The maximum absolute atomic E-state index is 5.27. The van der Waals surface area contributed by atoms with Crippen LogP contribution in [0.25, 0.3) is 0 Å². The summed E-state index contributed by atoms with van der Waals surface area (Å²) in [5.74, 6) is 1.51. The van der Waals surface area contributed by atoms with E-state index in [1.165, 1.54) is 5.56 Å². The monoisotopic (exact) mass is 287 g/mol. The van der Waals surface area contributed by atoms with E-state index in [4.69, 9.17) is 4.52 Å². The SMILES string of the molecule is CCCc1nc(CN2CCNCC2c2cccnc2)no1. The number of pyridine rings is 1. The van der Waals surface area contributed by atoms with Crippen LogP contribution in [-0.4, -0.2) is 39.7 Å². The number of nitrogens with one attached hydrogen (secondary N) is 1. The molecule has 0 radical (unpaired) electrons. The normalized spacial score (nSPS) is 19.8. The Hall–Kier alpha value is -1.79. The van der Waals surface area contributed by atoms with Gasteiger partial charge in [0.15, 0.2) is 5.82 Å². The summed E-state index contributed by atoms with van der Waals surface area (Å²) < 4.78 is 5.27. The number of hydrogen-bond donors (Lipinski definition) is 1. The first-order valence-corrected chi connectivity index (χ1v) is 7.53. The van der Waals surface area contributed by atoms with E-state index in [9.17, 15) is 0 Å². The highest BCUT2D eigenvalue weighted by atomic mass is 16.5. The topological polar surface area (TPSA) is 67.1 Å². The van der Waals surface area contributed by atoms with Gasteiger partial charge in [0, 0.05) is 44.5 Å². The summed E-state index contributed by atoms with van der Waals surface area (Å²) >= 11 is 0. The minimum atomic E-state index is 0.306. The largest absolute Gasteiger partial charge is 0.339 e. The Morgan fingerprint density at radius 1 is 1.48 bits per heavy atom. The summed E-state index contributed by atoms with van der Waals surface area (Å²) in [6.07, 6.45) is 5.61. The van der Waals surface area contributed by atoms with Gasteiger partial charge in [0.2, 0.25) is 5.89 Å². The third-order valence-corrected chi connectivity index (χ3v) is 3.74. The van der Waals surface area contributed by atoms with Gasteiger partial charge >= 0.3 is 0 Å². The van der Waals surface area contributed by atoms with E-state index < -0.39 is 0 Å². The van der Waals surface area contributed by atoms with Gasteiger partial charge in [0.05, 0.1) is 6.54 Å². The van der Waals surface area contributed by atoms with E-state index in [-0.39, 0.29) is 0 Å². The van der Waals surface area contributed by atoms with Gasteiger partial charge in [0.1, 0.15) is 0 Å². The number of rotatable bonds is 5. The van der Waals surface area contributed by atoms with E-state index >= 15 is 0 Å². The van der Waals surface area contributed by atoms with E-state index in [2.05, 4.69) is 38.3 Å². The summed E-state index contributed by atoms with van der Waals surface area (Å²) in [5, 5.41) is 7.53. The molecule has 0 aromatic carbocycles. The van der Waals surface area contributed by atoms with Crippen LogP contribution in [0.5, 0.6) is 0 Å². The molecule has 1 unspecified atom stereocenters. The molecular weight excluding hydrogens is 266 g/mol. The molecular formula is C15H21N5O. The van der Waals surface area contributed by atoms with Crippen LogP contribution in [0.3, 0.4) is 0 Å². The van der Waals surface area contributed by atoms with E-state index in [0.717, 1.165) is 44.2 Å². The lowest BCUT2D eigenvalue weighted by atomic mass is 10.1. The van der Waals surface area contributed by atoms with Crippen molar-refractivity contribution in [2.75, 3.05) is 19.6 Å². The van der Waals surface area contributed by atoms with Crippen molar-refractivity contribution in [3.05, 3.63) is 41.8 Å². The summed E-state index contributed by atoms with van der Waals surface area (Å²) in [6.45, 7) is 5.70. The molecule has 1 aliphatic heterocycles. The maximum atomic E-state index is 5.27. The molecule has 1 aliphatic rings. The van der Waals surface area contributed by atoms with Gasteiger partial charge in [-0.25, -0.2) is 0 Å². The average Bonchev–Trinajstić information content (AvgIpc) is 2.96. The van der Waals surface area contributed by atoms with Crippen molar-refractivity contribution >= 4 is 0 Å². The molecule has 6 nitrogen and oxygen atoms in total. The summed E-state index contributed by atoms with van der Waals surface area (Å²) in [7, 11) is 0. The minimum absolute atomic E-state index is 0.306. The molecule has 0 bridgehead atoms. The second kappa shape index (κ2) is 6.78. The first-order valence-electron chi connectivity index (χ1n) is 7.53. The predicted molar refractivity (Wildman–Crippen MR) is 78.6 cm³/mol. The molecule has 0 saturated carbocycles. The highest BCUT2D eigenvalue weighted by molar-refractivity contribution is 5.15. The molecule has 1 N–H and O–H groups in total. The Kier molecular flexibility index (Phi) is 4.57. The first-order chi connectivity index (χ1) is 10.4. The number of piperazine rings is 1. The molecule has 112 valence electrons. The highest BCUT2D eigenvalue weighted by Gasteiger charge is 2.25. The Balaban J connectivity index is 1.72. The zero-order valence-electron chi connectivity index (χ0n) is 12.3. The molecule has 1 atom stereocenters. The van der Waals surface area contributed by atoms with Crippen molar-refractivity contribution in [2.45, 2.75) is 32.4 Å². The first kappa shape index (κ1) is 14.2. The molecule has 2 aromatic rings. The predicted octanol–water partition coefficient (Wildman–Crippen LogP) is 1.56. The summed E-state index contributed by atoms with van der Waals surface area (Å²) in [5.41, 5.74) is 1.22. The van der Waals surface area contributed by atoms with Crippen LogP contribution in [0.15, 0.2) is 29.0 Å². The lowest BCUT2D eigenvalue weighted by Gasteiger charge is -2.35. The number of aryl methyl sites for hydroxylation is 1. The van der Waals surface area contributed by atoms with Crippen LogP contribution < -0.4 is 5.32 Å². The Labute approximate surface area is 124 Å². The highest BCUT2D eigenvalue weighted by Crippen LogP contribution is 2.22. The van der Waals surface area contributed by atoms with Gasteiger partial charge in [-0.05, 0) is 18.1 Å². The Morgan fingerprint density at radius 2 is 2.43 bits per heavy atom. The lowest BCUT2D eigenvalue weighted by Crippen LogP contribution is -2.45. The molecule has 6 heteroatoms. The zero-order valence-corrected chi connectivity index (χ0v) is 12.3. The van der Waals surface area contributed by atoms with Crippen LogP contribution in [-0.2, 0) is 13.0 Å². The second-order valence-electron chi connectivity index (χ2n) is 5.33. The summed E-state index contributed by atoms with van der Waals surface area (Å²) in [6, 6.07) is 4.41. The van der Waals surface area contributed by atoms with Gasteiger partial charge in [-0.15, -0.1) is 0 Å². The molecule has 3 heterocycles. The van der Waals surface area contributed by atoms with Crippen molar-refractivity contribution in [2.24, 2.45) is 0 Å². The molecule has 0 spiro atoms. The van der Waals surface area contributed by atoms with Crippen molar-refractivity contribution in [3.63, 3.8) is 0 Å². The molecule has 2 aromatic heterocycles. The van der Waals surface area contributed by atoms with Crippen LogP contribution in [0.2, 0.25) is 0 Å². The lowest BCUT2D eigenvalue weighted by molar-refractivity contribution is 0.148. The van der Waals surface area contributed by atoms with Gasteiger partial charge < -0.3 is 9.84 Å². The molecule has 0 amide bonds.